The molecule has 0 aliphatic heterocycles. The molecule has 18 heavy (non-hydrogen) atoms. The van der Waals surface area contributed by atoms with Crippen LogP contribution in [0.4, 0.5) is 0 Å². The van der Waals surface area contributed by atoms with Crippen molar-refractivity contribution in [3.05, 3.63) is 35.2 Å². The number of aromatic nitrogens is 1. The molecule has 3 nitrogen and oxygen atoms in total. The summed E-state index contributed by atoms with van der Waals surface area (Å²) in [6.07, 6.45) is 3.58. The van der Waals surface area contributed by atoms with E-state index < -0.39 is 5.97 Å². The predicted octanol–water partition coefficient (Wildman–Crippen LogP) is 3.57. The molecule has 0 aromatic carbocycles. The van der Waals surface area contributed by atoms with Gasteiger partial charge in [0.15, 0.2) is 0 Å². The van der Waals surface area contributed by atoms with Crippen LogP contribution in [0, 0.1) is 0 Å². The van der Waals surface area contributed by atoms with Crippen molar-refractivity contribution in [1.82, 2.24) is 4.98 Å². The van der Waals surface area contributed by atoms with Crippen molar-refractivity contribution >= 4 is 11.5 Å². The van der Waals surface area contributed by atoms with E-state index in [0.29, 0.717) is 17.4 Å². The van der Waals surface area contributed by atoms with E-state index in [2.05, 4.69) is 24.9 Å². The molecule has 0 amide bonds. The molecule has 3 heteroatoms. The molecule has 0 saturated carbocycles. The molecule has 2 rings (SSSR count). The van der Waals surface area contributed by atoms with Gasteiger partial charge in [0.1, 0.15) is 0 Å². The van der Waals surface area contributed by atoms with E-state index in [4.69, 9.17) is 5.11 Å². The van der Waals surface area contributed by atoms with Gasteiger partial charge in [0.25, 0.3) is 0 Å². The van der Waals surface area contributed by atoms with E-state index >= 15 is 0 Å². The average molecular weight is 245 g/mol. The first-order valence-electron chi connectivity index (χ1n) is 6.41. The topological polar surface area (TPSA) is 50.2 Å². The summed E-state index contributed by atoms with van der Waals surface area (Å²) in [5.41, 5.74) is 3.94. The molecule has 1 aliphatic rings. The van der Waals surface area contributed by atoms with Gasteiger partial charge in [-0.1, -0.05) is 19.9 Å². The number of pyridine rings is 1. The Balaban J connectivity index is 2.43. The Morgan fingerprint density at radius 3 is 2.67 bits per heavy atom. The first-order valence-corrected chi connectivity index (χ1v) is 6.41. The van der Waals surface area contributed by atoms with E-state index in [-0.39, 0.29) is 0 Å². The van der Waals surface area contributed by atoms with Gasteiger partial charge in [0.2, 0.25) is 0 Å². The Bertz CT molecular complexity index is 505. The number of nitrogens with zero attached hydrogens (tertiary/aromatic N) is 1. The van der Waals surface area contributed by atoms with Crippen LogP contribution in [0.15, 0.2) is 18.2 Å². The molecule has 2 atom stereocenters. The van der Waals surface area contributed by atoms with Crippen LogP contribution in [0.25, 0.3) is 5.57 Å². The fourth-order valence-electron chi connectivity index (χ4n) is 2.57. The molecule has 0 radical (unpaired) electrons. The Morgan fingerprint density at radius 2 is 2.00 bits per heavy atom. The van der Waals surface area contributed by atoms with Gasteiger partial charge in [-0.3, -0.25) is 4.98 Å². The molecule has 0 spiro atoms. The molecule has 1 aliphatic carbocycles. The number of allylic oxidation sites excluding steroid dienone is 1. The van der Waals surface area contributed by atoms with E-state index in [9.17, 15) is 4.79 Å². The van der Waals surface area contributed by atoms with Gasteiger partial charge in [0.05, 0.1) is 5.69 Å². The standard InChI is InChI=1S/C15H19NO2/c1-9-4-5-10(2)15-12(9)6-7-13(16-15)11(3)8-14(17)18/h6-10H,4-5H2,1-3H3,(H,17,18)/b11-8+. The van der Waals surface area contributed by atoms with Gasteiger partial charge in [0, 0.05) is 11.8 Å². The van der Waals surface area contributed by atoms with Gasteiger partial charge in [-0.05, 0) is 48.8 Å². The minimum absolute atomic E-state index is 0.466. The first-order chi connectivity index (χ1) is 8.49. The fraction of sp³-hybridized carbons (Fsp3) is 0.467. The van der Waals surface area contributed by atoms with Gasteiger partial charge in [-0.25, -0.2) is 4.79 Å². The first kappa shape index (κ1) is 12.8. The Labute approximate surface area is 108 Å². The van der Waals surface area contributed by atoms with Crippen molar-refractivity contribution in [2.24, 2.45) is 0 Å². The maximum Gasteiger partial charge on any atom is 0.328 e. The minimum atomic E-state index is -0.923. The number of carbonyl (C=O) groups is 1. The second-order valence-corrected chi connectivity index (χ2v) is 5.22. The molecule has 2 unspecified atom stereocenters. The third-order valence-corrected chi connectivity index (χ3v) is 3.73. The third-order valence-electron chi connectivity index (χ3n) is 3.73. The maximum absolute atomic E-state index is 10.7. The van der Waals surface area contributed by atoms with E-state index in [1.54, 1.807) is 6.92 Å². The van der Waals surface area contributed by atoms with Crippen LogP contribution in [0.1, 0.15) is 62.4 Å². The molecule has 96 valence electrons. The van der Waals surface area contributed by atoms with Crippen molar-refractivity contribution in [2.75, 3.05) is 0 Å². The summed E-state index contributed by atoms with van der Waals surface area (Å²) < 4.78 is 0. The lowest BCUT2D eigenvalue weighted by molar-refractivity contribution is -0.131. The molecular formula is C15H19NO2. The molecule has 1 N–H and O–H groups in total. The summed E-state index contributed by atoms with van der Waals surface area (Å²) in [6, 6.07) is 4.04. The van der Waals surface area contributed by atoms with E-state index in [1.807, 2.05) is 6.07 Å². The zero-order valence-electron chi connectivity index (χ0n) is 11.1. The molecule has 0 fully saturated rings. The molecular weight excluding hydrogens is 226 g/mol. The second-order valence-electron chi connectivity index (χ2n) is 5.22. The third kappa shape index (κ3) is 2.45. The lowest BCUT2D eigenvalue weighted by Gasteiger charge is -2.26. The fourth-order valence-corrected chi connectivity index (χ4v) is 2.57. The number of hydrogen-bond acceptors (Lipinski definition) is 2. The summed E-state index contributed by atoms with van der Waals surface area (Å²) in [4.78, 5) is 15.4. The number of aliphatic carboxylic acids is 1. The van der Waals surface area contributed by atoms with E-state index in [0.717, 1.165) is 17.8 Å². The lowest BCUT2D eigenvalue weighted by Crippen LogP contribution is -2.13. The van der Waals surface area contributed by atoms with Gasteiger partial charge >= 0.3 is 5.97 Å². The number of carboxylic acids is 1. The quantitative estimate of drug-likeness (QED) is 0.810. The highest BCUT2D eigenvalue weighted by molar-refractivity contribution is 5.88. The molecule has 0 saturated heterocycles. The largest absolute Gasteiger partial charge is 0.478 e. The summed E-state index contributed by atoms with van der Waals surface area (Å²) >= 11 is 0. The number of fused-ring (bicyclic) bond motifs is 1. The predicted molar refractivity (Wildman–Crippen MR) is 71.6 cm³/mol. The zero-order valence-corrected chi connectivity index (χ0v) is 11.1. The number of rotatable bonds is 2. The Hall–Kier alpha value is -1.64. The van der Waals surface area contributed by atoms with Crippen LogP contribution in [0.3, 0.4) is 0 Å². The minimum Gasteiger partial charge on any atom is -0.478 e. The van der Waals surface area contributed by atoms with Crippen LogP contribution in [-0.4, -0.2) is 16.1 Å². The normalized spacial score (nSPS) is 23.6. The highest BCUT2D eigenvalue weighted by Crippen LogP contribution is 2.37. The lowest BCUT2D eigenvalue weighted by atomic mass is 9.81. The van der Waals surface area contributed by atoms with Gasteiger partial charge in [-0.15, -0.1) is 0 Å². The monoisotopic (exact) mass is 245 g/mol. The summed E-state index contributed by atoms with van der Waals surface area (Å²) in [5, 5.41) is 8.77. The SMILES string of the molecule is C/C(=C\C(=O)O)c1ccc2c(n1)C(C)CCC2C. The smallest absolute Gasteiger partial charge is 0.328 e. The van der Waals surface area contributed by atoms with Crippen molar-refractivity contribution in [1.29, 1.82) is 0 Å². The Kier molecular flexibility index (Phi) is 3.50. The van der Waals surface area contributed by atoms with Gasteiger partial charge in [-0.2, -0.15) is 0 Å². The van der Waals surface area contributed by atoms with Crippen molar-refractivity contribution in [3.8, 4) is 0 Å². The van der Waals surface area contributed by atoms with Crippen molar-refractivity contribution in [3.63, 3.8) is 0 Å². The van der Waals surface area contributed by atoms with Crippen LogP contribution in [0.5, 0.6) is 0 Å². The summed E-state index contributed by atoms with van der Waals surface area (Å²) in [7, 11) is 0. The molecule has 1 aromatic heterocycles. The van der Waals surface area contributed by atoms with Crippen molar-refractivity contribution < 1.29 is 9.90 Å². The summed E-state index contributed by atoms with van der Waals surface area (Å²) in [5.74, 6) is 0.101. The number of hydrogen-bond donors (Lipinski definition) is 1. The van der Waals surface area contributed by atoms with Crippen LogP contribution >= 0.6 is 0 Å². The van der Waals surface area contributed by atoms with Crippen LogP contribution in [-0.2, 0) is 4.79 Å². The molecule has 1 aromatic rings. The Morgan fingerprint density at radius 1 is 1.33 bits per heavy atom. The zero-order chi connectivity index (χ0) is 13.3. The average Bonchev–Trinajstić information content (AvgIpc) is 2.33. The second kappa shape index (κ2) is 4.92. The van der Waals surface area contributed by atoms with Crippen LogP contribution < -0.4 is 0 Å². The van der Waals surface area contributed by atoms with Crippen LogP contribution in [0.2, 0.25) is 0 Å². The molecule has 0 bridgehead atoms. The summed E-state index contributed by atoms with van der Waals surface area (Å²) in [6.45, 7) is 6.21. The molecule has 1 heterocycles. The van der Waals surface area contributed by atoms with Crippen molar-refractivity contribution in [2.45, 2.75) is 45.4 Å². The van der Waals surface area contributed by atoms with E-state index in [1.165, 1.54) is 18.1 Å². The number of carboxylic acid groups (broad SMARTS) is 1. The highest BCUT2D eigenvalue weighted by atomic mass is 16.4. The van der Waals surface area contributed by atoms with Gasteiger partial charge < -0.3 is 5.11 Å². The highest BCUT2D eigenvalue weighted by Gasteiger charge is 2.23. The maximum atomic E-state index is 10.7.